The van der Waals surface area contributed by atoms with Gasteiger partial charge in [-0.15, -0.1) is 11.8 Å². The van der Waals surface area contributed by atoms with Crippen molar-refractivity contribution in [1.29, 1.82) is 0 Å². The highest BCUT2D eigenvalue weighted by molar-refractivity contribution is 7.98. The van der Waals surface area contributed by atoms with Gasteiger partial charge in [-0.2, -0.15) is 0 Å². The van der Waals surface area contributed by atoms with Crippen molar-refractivity contribution in [2.24, 2.45) is 10.9 Å². The van der Waals surface area contributed by atoms with E-state index in [2.05, 4.69) is 10.1 Å². The zero-order valence-corrected chi connectivity index (χ0v) is 11.7. The molecule has 0 aliphatic heterocycles. The van der Waals surface area contributed by atoms with Crippen LogP contribution < -0.4 is 10.6 Å². The lowest BCUT2D eigenvalue weighted by molar-refractivity contribution is 0.301. The Morgan fingerprint density at radius 1 is 1.53 bits per heavy atom. The molecule has 2 rings (SSSR count). The maximum atomic E-state index is 9.23. The van der Waals surface area contributed by atoms with Gasteiger partial charge in [-0.05, 0) is 31.2 Å². The summed E-state index contributed by atoms with van der Waals surface area (Å²) in [5, 5.41) is 21.4. The van der Waals surface area contributed by atoms with Crippen molar-refractivity contribution >= 4 is 23.3 Å². The van der Waals surface area contributed by atoms with E-state index in [1.54, 1.807) is 11.8 Å². The molecule has 104 valence electrons. The molecule has 0 unspecified atom stereocenters. The fraction of sp³-hybridized carbons (Fsp3) is 0.462. The second kappa shape index (κ2) is 6.16. The Bertz CT molecular complexity index is 475. The molecule has 5 nitrogen and oxygen atoms in total. The highest BCUT2D eigenvalue weighted by atomic mass is 32.2. The van der Waals surface area contributed by atoms with E-state index in [1.165, 1.54) is 0 Å². The summed E-state index contributed by atoms with van der Waals surface area (Å²) < 4.78 is 0. The molecule has 0 radical (unpaired) electrons. The van der Waals surface area contributed by atoms with Crippen LogP contribution in [0.2, 0.25) is 0 Å². The summed E-state index contributed by atoms with van der Waals surface area (Å²) in [6.45, 7) is 0.657. The van der Waals surface area contributed by atoms with Gasteiger partial charge in [-0.25, -0.2) is 0 Å². The van der Waals surface area contributed by atoms with E-state index in [0.29, 0.717) is 12.6 Å². The zero-order chi connectivity index (χ0) is 13.8. The summed E-state index contributed by atoms with van der Waals surface area (Å²) in [5.74, 6) is 0.114. The van der Waals surface area contributed by atoms with Crippen LogP contribution in [0.1, 0.15) is 18.4 Å². The molecule has 4 N–H and O–H groups in total. The predicted molar refractivity (Wildman–Crippen MR) is 78.2 cm³/mol. The fourth-order valence-electron chi connectivity index (χ4n) is 2.23. The molecule has 0 aromatic heterocycles. The third kappa shape index (κ3) is 2.96. The van der Waals surface area contributed by atoms with Crippen molar-refractivity contribution in [1.82, 2.24) is 0 Å². The van der Waals surface area contributed by atoms with Gasteiger partial charge in [0, 0.05) is 23.2 Å². The van der Waals surface area contributed by atoms with Crippen LogP contribution >= 0.6 is 11.8 Å². The second-order valence-corrected chi connectivity index (χ2v) is 5.34. The van der Waals surface area contributed by atoms with Crippen LogP contribution in [0.15, 0.2) is 28.3 Å². The summed E-state index contributed by atoms with van der Waals surface area (Å²) in [6.07, 6.45) is 4.21. The van der Waals surface area contributed by atoms with E-state index in [1.807, 2.05) is 24.5 Å². The Morgan fingerprint density at radius 2 is 2.26 bits per heavy atom. The lowest BCUT2D eigenvalue weighted by atomic mass is 10.1. The number of aliphatic hydroxyl groups excluding tert-OH is 1. The Morgan fingerprint density at radius 3 is 2.79 bits per heavy atom. The molecule has 1 fully saturated rings. The first-order chi connectivity index (χ1) is 9.22. The van der Waals surface area contributed by atoms with Crippen LogP contribution in [0.4, 0.5) is 5.69 Å². The lowest BCUT2D eigenvalue weighted by Crippen LogP contribution is -2.31. The van der Waals surface area contributed by atoms with Crippen LogP contribution in [0.25, 0.3) is 0 Å². The first-order valence-electron chi connectivity index (χ1n) is 6.25. The first-order valence-corrected chi connectivity index (χ1v) is 7.47. The molecule has 19 heavy (non-hydrogen) atoms. The standard InChI is InChI=1S/C13H19N3O2S/c1-19-11-4-2-3-10(12(11)13(14)15-18)16(7-8-17)9-5-6-9/h2-4,9,17-18H,5-8H2,1H3,(H2,14,15). The summed E-state index contributed by atoms with van der Waals surface area (Å²) in [7, 11) is 0. The molecular weight excluding hydrogens is 262 g/mol. The number of oxime groups is 1. The molecule has 1 aliphatic carbocycles. The summed E-state index contributed by atoms with van der Waals surface area (Å²) in [4.78, 5) is 3.11. The van der Waals surface area contributed by atoms with Crippen molar-refractivity contribution in [2.75, 3.05) is 24.3 Å². The van der Waals surface area contributed by atoms with Crippen LogP contribution in [-0.2, 0) is 0 Å². The van der Waals surface area contributed by atoms with Gasteiger partial charge in [0.25, 0.3) is 0 Å². The minimum Gasteiger partial charge on any atom is -0.409 e. The number of hydrogen-bond acceptors (Lipinski definition) is 5. The topological polar surface area (TPSA) is 82.1 Å². The minimum atomic E-state index is 0.0929. The average Bonchev–Trinajstić information content (AvgIpc) is 3.27. The molecule has 0 amide bonds. The van der Waals surface area contributed by atoms with Crippen LogP contribution in [0.3, 0.4) is 0 Å². The Labute approximate surface area is 117 Å². The van der Waals surface area contributed by atoms with Crippen LogP contribution in [0.5, 0.6) is 0 Å². The Hall–Kier alpha value is -1.40. The van der Waals surface area contributed by atoms with Gasteiger partial charge < -0.3 is 20.9 Å². The fourth-order valence-corrected chi connectivity index (χ4v) is 2.86. The van der Waals surface area contributed by atoms with Crippen LogP contribution in [0, 0.1) is 0 Å². The molecule has 1 saturated carbocycles. The van der Waals surface area contributed by atoms with Crippen molar-refractivity contribution < 1.29 is 10.3 Å². The van der Waals surface area contributed by atoms with Gasteiger partial charge in [0.05, 0.1) is 12.2 Å². The number of benzene rings is 1. The molecule has 1 aliphatic rings. The molecule has 0 saturated heterocycles. The van der Waals surface area contributed by atoms with Crippen molar-refractivity contribution in [3.63, 3.8) is 0 Å². The maximum Gasteiger partial charge on any atom is 0.173 e. The molecule has 6 heteroatoms. The average molecular weight is 281 g/mol. The molecule has 1 aromatic rings. The highest BCUT2D eigenvalue weighted by Gasteiger charge is 2.31. The third-order valence-corrected chi connectivity index (χ3v) is 4.01. The summed E-state index contributed by atoms with van der Waals surface area (Å²) >= 11 is 1.56. The summed E-state index contributed by atoms with van der Waals surface area (Å²) in [6, 6.07) is 6.32. The smallest absolute Gasteiger partial charge is 0.173 e. The zero-order valence-electron chi connectivity index (χ0n) is 10.9. The number of thioether (sulfide) groups is 1. The molecule has 1 aromatic carbocycles. The van der Waals surface area contributed by atoms with Crippen molar-refractivity contribution in [2.45, 2.75) is 23.8 Å². The summed E-state index contributed by atoms with van der Waals surface area (Å²) in [5.41, 5.74) is 7.50. The predicted octanol–water partition coefficient (Wildman–Crippen LogP) is 1.46. The van der Waals surface area contributed by atoms with E-state index >= 15 is 0 Å². The normalized spacial score (nSPS) is 15.6. The Balaban J connectivity index is 2.48. The quantitative estimate of drug-likeness (QED) is 0.242. The van der Waals surface area contributed by atoms with Crippen molar-refractivity contribution in [3.05, 3.63) is 23.8 Å². The van der Waals surface area contributed by atoms with Gasteiger partial charge >= 0.3 is 0 Å². The van der Waals surface area contributed by atoms with E-state index in [0.717, 1.165) is 29.0 Å². The first kappa shape index (κ1) is 14.0. The number of rotatable bonds is 6. The molecular formula is C13H19N3O2S. The van der Waals surface area contributed by atoms with Gasteiger partial charge in [-0.3, -0.25) is 0 Å². The second-order valence-electron chi connectivity index (χ2n) is 4.49. The molecule has 0 heterocycles. The SMILES string of the molecule is CSc1cccc(N(CCO)C2CC2)c1/C(N)=N/O. The monoisotopic (exact) mass is 281 g/mol. The number of hydrogen-bond donors (Lipinski definition) is 3. The molecule has 0 atom stereocenters. The molecule has 0 spiro atoms. The van der Waals surface area contributed by atoms with E-state index in [4.69, 9.17) is 10.9 Å². The maximum absolute atomic E-state index is 9.23. The van der Waals surface area contributed by atoms with Crippen LogP contribution in [-0.4, -0.2) is 41.6 Å². The highest BCUT2D eigenvalue weighted by Crippen LogP contribution is 2.36. The van der Waals surface area contributed by atoms with E-state index in [-0.39, 0.29) is 12.4 Å². The van der Waals surface area contributed by atoms with Gasteiger partial charge in [0.2, 0.25) is 0 Å². The van der Waals surface area contributed by atoms with Gasteiger partial charge in [-0.1, -0.05) is 11.2 Å². The lowest BCUT2D eigenvalue weighted by Gasteiger charge is -2.27. The largest absolute Gasteiger partial charge is 0.409 e. The number of anilines is 1. The van der Waals surface area contributed by atoms with Crippen molar-refractivity contribution in [3.8, 4) is 0 Å². The van der Waals surface area contributed by atoms with Gasteiger partial charge in [0.15, 0.2) is 5.84 Å². The minimum absolute atomic E-state index is 0.0929. The third-order valence-electron chi connectivity index (χ3n) is 3.23. The van der Waals surface area contributed by atoms with Gasteiger partial charge in [0.1, 0.15) is 0 Å². The number of amidine groups is 1. The molecule has 0 bridgehead atoms. The number of nitrogens with zero attached hydrogens (tertiary/aromatic N) is 2. The van der Waals surface area contributed by atoms with E-state index in [9.17, 15) is 5.11 Å². The Kier molecular flexibility index (Phi) is 4.55. The number of aliphatic hydroxyl groups is 1. The van der Waals surface area contributed by atoms with E-state index < -0.39 is 0 Å². The number of nitrogens with two attached hydrogens (primary N) is 1.